The molecule has 0 fully saturated rings. The number of hydrogen-bond donors (Lipinski definition) is 2. The summed E-state index contributed by atoms with van der Waals surface area (Å²) in [5.41, 5.74) is 10.4. The van der Waals surface area contributed by atoms with E-state index < -0.39 is 0 Å². The summed E-state index contributed by atoms with van der Waals surface area (Å²) in [7, 11) is 0. The van der Waals surface area contributed by atoms with Crippen molar-refractivity contribution in [3.8, 4) is 0 Å². The lowest BCUT2D eigenvalue weighted by molar-refractivity contribution is 0.276. The van der Waals surface area contributed by atoms with Crippen molar-refractivity contribution in [2.75, 3.05) is 24.6 Å². The third-order valence-corrected chi connectivity index (χ3v) is 2.73. The Morgan fingerprint density at radius 3 is 1.73 bits per heavy atom. The number of rotatable bonds is 4. The number of carbonyl (C=O) groups is 1. The average molecular weight is 217 g/mol. The first-order valence-corrected chi connectivity index (χ1v) is 4.98. The van der Waals surface area contributed by atoms with Gasteiger partial charge in [0, 0.05) is 24.6 Å². The van der Waals surface area contributed by atoms with Crippen LogP contribution in [0.15, 0.2) is 0 Å². The molecule has 0 aromatic heterocycles. The molecule has 0 atom stereocenters. The Kier molecular flexibility index (Phi) is 13.6. The Bertz CT molecular complexity index is 94.5. The van der Waals surface area contributed by atoms with E-state index in [9.17, 15) is 4.79 Å². The zero-order valence-corrected chi connectivity index (χ0v) is 8.57. The Hall–Kier alpha value is 0.580. The maximum Gasteiger partial charge on any atom is 0.246 e. The van der Waals surface area contributed by atoms with Crippen LogP contribution in [0.3, 0.4) is 0 Å². The summed E-state index contributed by atoms with van der Waals surface area (Å²) in [6.45, 7) is 1.11. The summed E-state index contributed by atoms with van der Waals surface area (Å²) in [5.74, 6) is 1.41. The van der Waals surface area contributed by atoms with E-state index in [1.807, 2.05) is 0 Å². The van der Waals surface area contributed by atoms with Crippen molar-refractivity contribution in [3.63, 3.8) is 0 Å². The van der Waals surface area contributed by atoms with Crippen molar-refractivity contribution in [3.05, 3.63) is 0 Å². The Morgan fingerprint density at radius 2 is 1.45 bits per heavy atom. The van der Waals surface area contributed by atoms with Gasteiger partial charge in [-0.1, -0.05) is 23.5 Å². The molecule has 6 heteroatoms. The molecule has 4 N–H and O–H groups in total. The molecule has 0 aromatic rings. The van der Waals surface area contributed by atoms with E-state index in [-0.39, 0.29) is 16.9 Å². The molecule has 11 heavy (non-hydrogen) atoms. The molecule has 0 amide bonds. The molecule has 0 aromatic carbocycles. The number of nitrogens with two attached hydrogens (primary N) is 2. The van der Waals surface area contributed by atoms with Crippen LogP contribution in [0, 0.1) is 0 Å². The van der Waals surface area contributed by atoms with E-state index >= 15 is 0 Å². The summed E-state index contributed by atoms with van der Waals surface area (Å²) in [4.78, 5) is 10.8. The summed E-state index contributed by atoms with van der Waals surface area (Å²) >= 11 is 2.52. The van der Waals surface area contributed by atoms with Gasteiger partial charge in [0.25, 0.3) is 0 Å². The number of carbonyl (C=O) groups excluding carboxylic acids is 1. The normalized spacial score (nSPS) is 8.91. The van der Waals surface area contributed by atoms with Crippen LogP contribution in [0.1, 0.15) is 0 Å². The van der Waals surface area contributed by atoms with Gasteiger partial charge in [-0.15, -0.1) is 12.4 Å². The summed E-state index contributed by atoms with van der Waals surface area (Å²) in [6, 6.07) is 0. The highest BCUT2D eigenvalue weighted by atomic mass is 35.5. The van der Waals surface area contributed by atoms with E-state index in [2.05, 4.69) is 0 Å². The largest absolute Gasteiger partial charge is 0.330 e. The van der Waals surface area contributed by atoms with E-state index in [0.29, 0.717) is 24.6 Å². The zero-order chi connectivity index (χ0) is 7.82. The molecule has 0 saturated carbocycles. The highest BCUT2D eigenvalue weighted by Gasteiger charge is 1.99. The van der Waals surface area contributed by atoms with Crippen LogP contribution < -0.4 is 11.5 Å². The standard InChI is InChI=1S/C5H12N2OS2.ClH/c6-1-3-9-5(8)10-4-2-7;/h1-4,6-7H2;1H. The molecule has 0 aliphatic carbocycles. The zero-order valence-electron chi connectivity index (χ0n) is 6.12. The second-order valence-electron chi connectivity index (χ2n) is 1.52. The molecule has 0 rings (SSSR count). The van der Waals surface area contributed by atoms with E-state index in [1.165, 1.54) is 23.5 Å². The number of hydrogen-bond acceptors (Lipinski definition) is 5. The van der Waals surface area contributed by atoms with Crippen LogP contribution in [-0.4, -0.2) is 29.0 Å². The van der Waals surface area contributed by atoms with Gasteiger partial charge in [-0.05, 0) is 0 Å². The topological polar surface area (TPSA) is 69.1 Å². The van der Waals surface area contributed by atoms with Gasteiger partial charge in [0.05, 0.1) is 0 Å². The molecule has 0 aliphatic rings. The maximum atomic E-state index is 10.8. The van der Waals surface area contributed by atoms with Crippen LogP contribution in [-0.2, 0) is 0 Å². The van der Waals surface area contributed by atoms with Gasteiger partial charge in [-0.2, -0.15) is 0 Å². The first-order chi connectivity index (χ1) is 4.81. The first kappa shape index (κ1) is 14.1. The summed E-state index contributed by atoms with van der Waals surface area (Å²) in [6.07, 6.45) is 0. The van der Waals surface area contributed by atoms with Crippen molar-refractivity contribution < 1.29 is 4.79 Å². The van der Waals surface area contributed by atoms with Crippen LogP contribution >= 0.6 is 35.9 Å². The SMILES string of the molecule is Cl.NCCSC(=O)SCCN. The molecule has 68 valence electrons. The van der Waals surface area contributed by atoms with Crippen LogP contribution in [0.2, 0.25) is 0 Å². The van der Waals surface area contributed by atoms with Crippen LogP contribution in [0.25, 0.3) is 0 Å². The molecule has 0 heterocycles. The van der Waals surface area contributed by atoms with Crippen molar-refractivity contribution in [1.82, 2.24) is 0 Å². The predicted molar refractivity (Wildman–Crippen MR) is 55.7 cm³/mol. The third kappa shape index (κ3) is 10.6. The molecule has 0 spiro atoms. The van der Waals surface area contributed by atoms with Gasteiger partial charge in [-0.25, -0.2) is 0 Å². The van der Waals surface area contributed by atoms with E-state index in [1.54, 1.807) is 0 Å². The highest BCUT2D eigenvalue weighted by Crippen LogP contribution is 2.14. The minimum absolute atomic E-state index is 0. The number of halogens is 1. The molecule has 0 radical (unpaired) electrons. The Morgan fingerprint density at radius 1 is 1.09 bits per heavy atom. The van der Waals surface area contributed by atoms with Crippen LogP contribution in [0.5, 0.6) is 0 Å². The smallest absolute Gasteiger partial charge is 0.246 e. The second-order valence-corrected chi connectivity index (χ2v) is 3.92. The van der Waals surface area contributed by atoms with Crippen molar-refractivity contribution >= 4 is 40.4 Å². The maximum absolute atomic E-state index is 10.8. The Labute approximate surface area is 81.4 Å². The van der Waals surface area contributed by atoms with Crippen LogP contribution in [0.4, 0.5) is 4.79 Å². The lowest BCUT2D eigenvalue weighted by Gasteiger charge is -1.95. The molecule has 3 nitrogen and oxygen atoms in total. The fraction of sp³-hybridized carbons (Fsp3) is 0.800. The van der Waals surface area contributed by atoms with Crippen molar-refractivity contribution in [1.29, 1.82) is 0 Å². The van der Waals surface area contributed by atoms with Gasteiger partial charge < -0.3 is 11.5 Å². The Balaban J connectivity index is 0. The molecule has 0 bridgehead atoms. The lowest BCUT2D eigenvalue weighted by atomic mass is 10.8. The highest BCUT2D eigenvalue weighted by molar-refractivity contribution is 8.38. The monoisotopic (exact) mass is 216 g/mol. The average Bonchev–Trinajstić information content (AvgIpc) is 1.97. The van der Waals surface area contributed by atoms with Gasteiger partial charge in [0.15, 0.2) is 0 Å². The predicted octanol–water partition coefficient (Wildman–Crippen LogP) is 0.912. The minimum atomic E-state index is 0. The van der Waals surface area contributed by atoms with Crippen molar-refractivity contribution in [2.45, 2.75) is 0 Å². The second kappa shape index (κ2) is 10.6. The fourth-order valence-corrected chi connectivity index (χ4v) is 1.73. The first-order valence-electron chi connectivity index (χ1n) is 3.01. The summed E-state index contributed by atoms with van der Waals surface area (Å²) in [5, 5.41) is 0. The van der Waals surface area contributed by atoms with Crippen molar-refractivity contribution in [2.24, 2.45) is 11.5 Å². The van der Waals surface area contributed by atoms with Gasteiger partial charge in [-0.3, -0.25) is 4.79 Å². The lowest BCUT2D eigenvalue weighted by Crippen LogP contribution is -2.05. The molecular weight excluding hydrogens is 204 g/mol. The fourth-order valence-electron chi connectivity index (χ4n) is 0.326. The third-order valence-electron chi connectivity index (χ3n) is 0.676. The van der Waals surface area contributed by atoms with Gasteiger partial charge in [0.2, 0.25) is 4.45 Å². The molecule has 0 aliphatic heterocycles. The molecular formula is C5H13ClN2OS2. The molecule has 0 unspecified atom stereocenters. The molecule has 0 saturated heterocycles. The van der Waals surface area contributed by atoms with E-state index in [0.717, 1.165) is 0 Å². The summed E-state index contributed by atoms with van der Waals surface area (Å²) < 4.78 is 0.121. The van der Waals surface area contributed by atoms with Gasteiger partial charge in [0.1, 0.15) is 0 Å². The van der Waals surface area contributed by atoms with Gasteiger partial charge >= 0.3 is 0 Å². The van der Waals surface area contributed by atoms with E-state index in [4.69, 9.17) is 11.5 Å². The quantitative estimate of drug-likeness (QED) is 0.731. The minimum Gasteiger partial charge on any atom is -0.330 e. The number of thioether (sulfide) groups is 2.